The average Bonchev–Trinajstić information content (AvgIpc) is 2.75. The highest BCUT2D eigenvalue weighted by Gasteiger charge is 2.28. The molecule has 0 radical (unpaired) electrons. The van der Waals surface area contributed by atoms with Gasteiger partial charge in [-0.3, -0.25) is 0 Å². The summed E-state index contributed by atoms with van der Waals surface area (Å²) < 4.78 is 8.20. The Morgan fingerprint density at radius 1 is 1.22 bits per heavy atom. The highest BCUT2D eigenvalue weighted by Crippen LogP contribution is 2.42. The van der Waals surface area contributed by atoms with E-state index in [1.165, 1.54) is 4.88 Å². The SMILES string of the molecule is N[C@@H]1CC(c2ccc(Br)s2)Oc2cc(Br)ccc21. The molecule has 0 fully saturated rings. The summed E-state index contributed by atoms with van der Waals surface area (Å²) in [4.78, 5) is 1.21. The number of rotatable bonds is 1. The van der Waals surface area contributed by atoms with Gasteiger partial charge in [-0.1, -0.05) is 22.0 Å². The molecule has 94 valence electrons. The van der Waals surface area contributed by atoms with Crippen LogP contribution in [-0.4, -0.2) is 0 Å². The van der Waals surface area contributed by atoms with Crippen molar-refractivity contribution in [3.05, 3.63) is 49.0 Å². The molecular formula is C13H11Br2NOS. The Kier molecular flexibility index (Phi) is 3.49. The number of benzene rings is 1. The summed E-state index contributed by atoms with van der Waals surface area (Å²) in [6.07, 6.45) is 0.875. The van der Waals surface area contributed by atoms with E-state index in [1.807, 2.05) is 24.3 Å². The molecule has 1 aromatic heterocycles. The fourth-order valence-corrected chi connectivity index (χ4v) is 3.96. The summed E-state index contributed by atoms with van der Waals surface area (Å²) in [7, 11) is 0. The van der Waals surface area contributed by atoms with Crippen LogP contribution in [0.2, 0.25) is 0 Å². The van der Waals surface area contributed by atoms with E-state index in [1.54, 1.807) is 11.3 Å². The zero-order valence-corrected chi connectivity index (χ0v) is 13.4. The lowest BCUT2D eigenvalue weighted by atomic mass is 9.97. The van der Waals surface area contributed by atoms with Gasteiger partial charge < -0.3 is 10.5 Å². The molecule has 2 aromatic rings. The van der Waals surface area contributed by atoms with Crippen molar-refractivity contribution in [3.8, 4) is 5.75 Å². The lowest BCUT2D eigenvalue weighted by Crippen LogP contribution is -2.23. The number of thiophene rings is 1. The summed E-state index contributed by atoms with van der Waals surface area (Å²) in [6, 6.07) is 10.2. The molecule has 0 aliphatic carbocycles. The highest BCUT2D eigenvalue weighted by molar-refractivity contribution is 9.11. The minimum atomic E-state index is 0.0349. The molecule has 18 heavy (non-hydrogen) atoms. The van der Waals surface area contributed by atoms with Gasteiger partial charge in [-0.05, 0) is 40.2 Å². The monoisotopic (exact) mass is 387 g/mol. The molecule has 1 aliphatic rings. The van der Waals surface area contributed by atoms with E-state index < -0.39 is 0 Å². The molecular weight excluding hydrogens is 378 g/mol. The van der Waals surface area contributed by atoms with Gasteiger partial charge in [0.15, 0.2) is 0 Å². The highest BCUT2D eigenvalue weighted by atomic mass is 79.9. The molecule has 2 atom stereocenters. The predicted octanol–water partition coefficient (Wildman–Crippen LogP) is 4.80. The van der Waals surface area contributed by atoms with Crippen LogP contribution in [-0.2, 0) is 0 Å². The van der Waals surface area contributed by atoms with Crippen LogP contribution in [0.15, 0.2) is 38.6 Å². The zero-order chi connectivity index (χ0) is 12.7. The molecule has 1 unspecified atom stereocenters. The Labute approximate surface area is 126 Å². The van der Waals surface area contributed by atoms with E-state index in [-0.39, 0.29) is 12.1 Å². The van der Waals surface area contributed by atoms with Crippen molar-refractivity contribution in [2.75, 3.05) is 0 Å². The third-order valence-electron chi connectivity index (χ3n) is 3.02. The molecule has 3 rings (SSSR count). The fraction of sp³-hybridized carbons (Fsp3) is 0.231. The Morgan fingerprint density at radius 3 is 2.78 bits per heavy atom. The van der Waals surface area contributed by atoms with Crippen LogP contribution in [0.25, 0.3) is 0 Å². The maximum atomic E-state index is 6.23. The topological polar surface area (TPSA) is 35.2 Å². The second kappa shape index (κ2) is 4.96. The minimum absolute atomic E-state index is 0.0349. The van der Waals surface area contributed by atoms with Crippen LogP contribution in [0, 0.1) is 0 Å². The molecule has 0 bridgehead atoms. The Morgan fingerprint density at radius 2 is 2.06 bits per heavy atom. The van der Waals surface area contributed by atoms with Crippen molar-refractivity contribution in [1.82, 2.24) is 0 Å². The van der Waals surface area contributed by atoms with E-state index in [4.69, 9.17) is 10.5 Å². The van der Waals surface area contributed by atoms with Crippen molar-refractivity contribution in [3.63, 3.8) is 0 Å². The molecule has 5 heteroatoms. The molecule has 2 nitrogen and oxygen atoms in total. The van der Waals surface area contributed by atoms with Gasteiger partial charge in [0, 0.05) is 27.4 Å². The predicted molar refractivity (Wildman–Crippen MR) is 81.1 cm³/mol. The van der Waals surface area contributed by atoms with E-state index in [0.717, 1.165) is 26.0 Å². The van der Waals surface area contributed by atoms with Gasteiger partial charge in [0.1, 0.15) is 11.9 Å². The molecule has 0 saturated heterocycles. The third kappa shape index (κ3) is 2.37. The maximum Gasteiger partial charge on any atom is 0.135 e. The molecule has 2 N–H and O–H groups in total. The van der Waals surface area contributed by atoms with E-state index in [9.17, 15) is 0 Å². The van der Waals surface area contributed by atoms with E-state index >= 15 is 0 Å². The molecule has 2 heterocycles. The summed E-state index contributed by atoms with van der Waals surface area (Å²) in [6.45, 7) is 0. The van der Waals surface area contributed by atoms with Crippen LogP contribution in [0.5, 0.6) is 5.75 Å². The maximum absolute atomic E-state index is 6.23. The summed E-state index contributed by atoms with van der Waals surface area (Å²) >= 11 is 8.65. The standard InChI is InChI=1S/C13H11Br2NOS/c14-7-1-2-8-9(16)6-11(17-10(8)5-7)12-3-4-13(15)18-12/h1-5,9,11H,6,16H2/t9-,11?/m1/s1. The minimum Gasteiger partial charge on any atom is -0.484 e. The van der Waals surface area contributed by atoms with Gasteiger partial charge >= 0.3 is 0 Å². The van der Waals surface area contributed by atoms with Gasteiger partial charge in [0.05, 0.1) is 3.79 Å². The number of hydrogen-bond donors (Lipinski definition) is 1. The largest absolute Gasteiger partial charge is 0.484 e. The first-order chi connectivity index (χ1) is 8.63. The van der Waals surface area contributed by atoms with Gasteiger partial charge in [0.2, 0.25) is 0 Å². The van der Waals surface area contributed by atoms with Crippen LogP contribution >= 0.6 is 43.2 Å². The lowest BCUT2D eigenvalue weighted by molar-refractivity contribution is 0.165. The number of ether oxygens (including phenoxy) is 1. The van der Waals surface area contributed by atoms with Crippen molar-refractivity contribution in [1.29, 1.82) is 0 Å². The molecule has 0 spiro atoms. The first-order valence-corrected chi connectivity index (χ1v) is 8.00. The summed E-state index contributed by atoms with van der Waals surface area (Å²) in [5, 5.41) is 0. The lowest BCUT2D eigenvalue weighted by Gasteiger charge is -2.29. The fourth-order valence-electron chi connectivity index (χ4n) is 2.15. The number of fused-ring (bicyclic) bond motifs is 1. The average molecular weight is 389 g/mol. The second-order valence-electron chi connectivity index (χ2n) is 4.27. The quantitative estimate of drug-likeness (QED) is 0.761. The Hall–Kier alpha value is -0.360. The first kappa shape index (κ1) is 12.7. The van der Waals surface area contributed by atoms with Crippen molar-refractivity contribution in [2.24, 2.45) is 5.73 Å². The van der Waals surface area contributed by atoms with Gasteiger partial charge in [0.25, 0.3) is 0 Å². The van der Waals surface area contributed by atoms with Crippen LogP contribution in [0.3, 0.4) is 0 Å². The van der Waals surface area contributed by atoms with Crippen molar-refractivity contribution < 1.29 is 4.74 Å². The van der Waals surface area contributed by atoms with Gasteiger partial charge in [-0.2, -0.15) is 0 Å². The van der Waals surface area contributed by atoms with Crippen molar-refractivity contribution in [2.45, 2.75) is 18.6 Å². The first-order valence-electron chi connectivity index (χ1n) is 5.60. The molecule has 0 amide bonds. The number of halogens is 2. The third-order valence-corrected chi connectivity index (χ3v) is 5.23. The number of hydrogen-bond acceptors (Lipinski definition) is 3. The molecule has 1 aromatic carbocycles. The van der Waals surface area contributed by atoms with Gasteiger partial charge in [-0.15, -0.1) is 11.3 Å². The van der Waals surface area contributed by atoms with Crippen LogP contribution < -0.4 is 10.5 Å². The van der Waals surface area contributed by atoms with Crippen LogP contribution in [0.1, 0.15) is 29.0 Å². The zero-order valence-electron chi connectivity index (χ0n) is 9.40. The second-order valence-corrected chi connectivity index (χ2v) is 7.68. The molecule has 1 aliphatic heterocycles. The summed E-state index contributed by atoms with van der Waals surface area (Å²) in [5.74, 6) is 0.887. The van der Waals surface area contributed by atoms with E-state index in [0.29, 0.717) is 0 Å². The van der Waals surface area contributed by atoms with Crippen LogP contribution in [0.4, 0.5) is 0 Å². The Bertz CT molecular complexity index is 584. The summed E-state index contributed by atoms with van der Waals surface area (Å²) in [5.41, 5.74) is 7.32. The van der Waals surface area contributed by atoms with Crippen molar-refractivity contribution >= 4 is 43.2 Å². The normalized spacial score (nSPS) is 22.4. The Balaban J connectivity index is 1.95. The van der Waals surface area contributed by atoms with Gasteiger partial charge in [-0.25, -0.2) is 0 Å². The van der Waals surface area contributed by atoms with E-state index in [2.05, 4.69) is 37.9 Å². The number of nitrogens with two attached hydrogens (primary N) is 1. The smallest absolute Gasteiger partial charge is 0.135 e. The molecule has 0 saturated carbocycles.